The smallest absolute Gasteiger partial charge is 0.255 e. The number of carbonyl (C=O) groups excluding carboxylic acids is 1. The third-order valence-electron chi connectivity index (χ3n) is 2.49. The molecule has 6 heteroatoms. The van der Waals surface area contributed by atoms with Crippen molar-refractivity contribution in [2.24, 2.45) is 5.73 Å². The average Bonchev–Trinajstić information content (AvgIpc) is 2.43. The van der Waals surface area contributed by atoms with Gasteiger partial charge in [0.25, 0.3) is 5.91 Å². The van der Waals surface area contributed by atoms with Gasteiger partial charge in [0.15, 0.2) is 18.1 Å². The summed E-state index contributed by atoms with van der Waals surface area (Å²) >= 11 is 0. The lowest BCUT2D eigenvalue weighted by molar-refractivity contribution is -0.119. The van der Waals surface area contributed by atoms with E-state index in [1.54, 1.807) is 13.2 Å². The van der Waals surface area contributed by atoms with Crippen molar-refractivity contribution in [1.29, 1.82) is 0 Å². The molecule has 0 aliphatic heterocycles. The molecule has 6 nitrogen and oxygen atoms in total. The number of amides is 1. The first-order valence-corrected chi connectivity index (χ1v) is 6.53. The van der Waals surface area contributed by atoms with Gasteiger partial charge in [0, 0.05) is 20.2 Å². The normalized spacial score (nSPS) is 10.3. The number of benzene rings is 1. The topological polar surface area (TPSA) is 82.8 Å². The number of hydrogen-bond acceptors (Lipinski definition) is 5. The van der Waals surface area contributed by atoms with E-state index in [1.165, 1.54) is 0 Å². The van der Waals surface area contributed by atoms with Gasteiger partial charge in [-0.3, -0.25) is 4.79 Å². The van der Waals surface area contributed by atoms with Gasteiger partial charge in [0.2, 0.25) is 0 Å². The molecule has 0 saturated carbocycles. The van der Waals surface area contributed by atoms with Crippen molar-refractivity contribution >= 4 is 5.91 Å². The highest BCUT2D eigenvalue weighted by Crippen LogP contribution is 2.28. The molecule has 112 valence electrons. The summed E-state index contributed by atoms with van der Waals surface area (Å²) in [5, 5.41) is 3.25. The minimum absolute atomic E-state index is 0.161. The number of nitrogens with one attached hydrogen (secondary N) is 1. The quantitative estimate of drug-likeness (QED) is 0.617. The van der Waals surface area contributed by atoms with Crippen molar-refractivity contribution in [3.63, 3.8) is 0 Å². The Morgan fingerprint density at radius 2 is 2.10 bits per heavy atom. The summed E-state index contributed by atoms with van der Waals surface area (Å²) < 4.78 is 15.8. The van der Waals surface area contributed by atoms with Gasteiger partial charge in [0.1, 0.15) is 0 Å². The van der Waals surface area contributed by atoms with E-state index in [1.807, 2.05) is 19.1 Å². The summed E-state index contributed by atoms with van der Waals surface area (Å²) in [6.45, 7) is 4.40. The van der Waals surface area contributed by atoms with Crippen molar-refractivity contribution < 1.29 is 19.0 Å². The summed E-state index contributed by atoms with van der Waals surface area (Å²) in [4.78, 5) is 10.7. The largest absolute Gasteiger partial charge is 0.490 e. The second-order valence-electron chi connectivity index (χ2n) is 4.14. The molecule has 0 unspecified atom stereocenters. The number of ether oxygens (including phenoxy) is 3. The van der Waals surface area contributed by atoms with Crippen LogP contribution in [-0.4, -0.2) is 39.4 Å². The zero-order chi connectivity index (χ0) is 14.8. The van der Waals surface area contributed by atoms with Crippen LogP contribution in [-0.2, 0) is 16.1 Å². The lowest BCUT2D eigenvalue weighted by Crippen LogP contribution is -2.20. The molecule has 0 heterocycles. The summed E-state index contributed by atoms with van der Waals surface area (Å²) in [5.74, 6) is 0.615. The SMILES string of the molecule is CCOc1cc(CNCCOC)ccc1OCC(N)=O. The number of methoxy groups -OCH3 is 1. The maximum absolute atomic E-state index is 10.7. The minimum Gasteiger partial charge on any atom is -0.490 e. The van der Waals surface area contributed by atoms with Crippen molar-refractivity contribution in [3.8, 4) is 11.5 Å². The molecule has 1 aromatic rings. The summed E-state index contributed by atoms with van der Waals surface area (Å²) in [5.41, 5.74) is 6.13. The highest BCUT2D eigenvalue weighted by atomic mass is 16.5. The fraction of sp³-hybridized carbons (Fsp3) is 0.500. The molecule has 1 rings (SSSR count). The molecule has 0 atom stereocenters. The van der Waals surface area contributed by atoms with E-state index >= 15 is 0 Å². The molecule has 0 bridgehead atoms. The third kappa shape index (κ3) is 5.90. The van der Waals surface area contributed by atoms with Crippen LogP contribution < -0.4 is 20.5 Å². The highest BCUT2D eigenvalue weighted by Gasteiger charge is 2.07. The zero-order valence-corrected chi connectivity index (χ0v) is 12.0. The average molecular weight is 282 g/mol. The fourth-order valence-electron chi connectivity index (χ4n) is 1.61. The Bertz CT molecular complexity index is 424. The van der Waals surface area contributed by atoms with Crippen LogP contribution in [0.4, 0.5) is 0 Å². The van der Waals surface area contributed by atoms with Crippen molar-refractivity contribution in [1.82, 2.24) is 5.32 Å². The standard InChI is InChI=1S/C14H22N2O4/c1-3-19-13-8-11(9-16-6-7-18-2)4-5-12(13)20-10-14(15)17/h4-5,8,16H,3,6-7,9-10H2,1-2H3,(H2,15,17). The molecular formula is C14H22N2O4. The maximum Gasteiger partial charge on any atom is 0.255 e. The zero-order valence-electron chi connectivity index (χ0n) is 12.0. The Labute approximate surface area is 119 Å². The highest BCUT2D eigenvalue weighted by molar-refractivity contribution is 5.75. The van der Waals surface area contributed by atoms with Gasteiger partial charge >= 0.3 is 0 Å². The first kappa shape index (κ1) is 16.3. The van der Waals surface area contributed by atoms with Gasteiger partial charge in [-0.05, 0) is 24.6 Å². The van der Waals surface area contributed by atoms with Crippen molar-refractivity contribution in [2.45, 2.75) is 13.5 Å². The lowest BCUT2D eigenvalue weighted by atomic mass is 10.2. The van der Waals surface area contributed by atoms with Gasteiger partial charge in [-0.1, -0.05) is 6.07 Å². The van der Waals surface area contributed by atoms with Gasteiger partial charge in [0.05, 0.1) is 13.2 Å². The van der Waals surface area contributed by atoms with E-state index in [4.69, 9.17) is 19.9 Å². The van der Waals surface area contributed by atoms with E-state index in [0.29, 0.717) is 31.3 Å². The van der Waals surface area contributed by atoms with Crippen LogP contribution >= 0.6 is 0 Å². The first-order chi connectivity index (χ1) is 9.67. The molecule has 3 N–H and O–H groups in total. The van der Waals surface area contributed by atoms with Crippen LogP contribution in [0.1, 0.15) is 12.5 Å². The molecule has 20 heavy (non-hydrogen) atoms. The van der Waals surface area contributed by atoms with Crippen LogP contribution in [0.5, 0.6) is 11.5 Å². The first-order valence-electron chi connectivity index (χ1n) is 6.53. The Balaban J connectivity index is 2.65. The molecule has 0 saturated heterocycles. The molecule has 0 fully saturated rings. The second kappa shape index (κ2) is 9.17. The van der Waals surface area contributed by atoms with E-state index in [0.717, 1.165) is 12.1 Å². The van der Waals surface area contributed by atoms with E-state index in [9.17, 15) is 4.79 Å². The molecular weight excluding hydrogens is 260 g/mol. The second-order valence-corrected chi connectivity index (χ2v) is 4.14. The summed E-state index contributed by atoms with van der Waals surface area (Å²) in [6, 6.07) is 5.58. The van der Waals surface area contributed by atoms with Crippen molar-refractivity contribution in [3.05, 3.63) is 23.8 Å². The van der Waals surface area contributed by atoms with Crippen LogP contribution in [0.15, 0.2) is 18.2 Å². The van der Waals surface area contributed by atoms with Crippen LogP contribution in [0.2, 0.25) is 0 Å². The summed E-state index contributed by atoms with van der Waals surface area (Å²) in [6.07, 6.45) is 0. The Kier molecular flexibility index (Phi) is 7.46. The number of carbonyl (C=O) groups is 1. The van der Waals surface area contributed by atoms with Gasteiger partial charge in [-0.15, -0.1) is 0 Å². The number of nitrogens with two attached hydrogens (primary N) is 1. The molecule has 0 aliphatic carbocycles. The molecule has 0 spiro atoms. The van der Waals surface area contributed by atoms with E-state index in [-0.39, 0.29) is 6.61 Å². The van der Waals surface area contributed by atoms with Gasteiger partial charge in [-0.25, -0.2) is 0 Å². The Morgan fingerprint density at radius 3 is 2.75 bits per heavy atom. The van der Waals surface area contributed by atoms with Crippen LogP contribution in [0, 0.1) is 0 Å². The molecule has 0 aliphatic rings. The van der Waals surface area contributed by atoms with Crippen LogP contribution in [0.25, 0.3) is 0 Å². The molecule has 0 aromatic heterocycles. The fourth-order valence-corrected chi connectivity index (χ4v) is 1.61. The minimum atomic E-state index is -0.516. The molecule has 1 aromatic carbocycles. The van der Waals surface area contributed by atoms with Crippen LogP contribution in [0.3, 0.4) is 0 Å². The van der Waals surface area contributed by atoms with E-state index < -0.39 is 5.91 Å². The monoisotopic (exact) mass is 282 g/mol. The third-order valence-corrected chi connectivity index (χ3v) is 2.49. The lowest BCUT2D eigenvalue weighted by Gasteiger charge is -2.13. The van der Waals surface area contributed by atoms with E-state index in [2.05, 4.69) is 5.32 Å². The predicted molar refractivity (Wildman–Crippen MR) is 75.9 cm³/mol. The molecule has 1 amide bonds. The van der Waals surface area contributed by atoms with Gasteiger partial charge in [-0.2, -0.15) is 0 Å². The Morgan fingerprint density at radius 1 is 1.30 bits per heavy atom. The number of rotatable bonds is 10. The number of hydrogen-bond donors (Lipinski definition) is 2. The summed E-state index contributed by atoms with van der Waals surface area (Å²) in [7, 11) is 1.67. The predicted octanol–water partition coefficient (Wildman–Crippen LogP) is 0.685. The van der Waals surface area contributed by atoms with Gasteiger partial charge < -0.3 is 25.3 Å². The Hall–Kier alpha value is -1.79. The number of primary amides is 1. The van der Waals surface area contributed by atoms with Crippen molar-refractivity contribution in [2.75, 3.05) is 33.5 Å². The maximum atomic E-state index is 10.7. The molecule has 0 radical (unpaired) electrons.